The van der Waals surface area contributed by atoms with Crippen molar-refractivity contribution in [3.63, 3.8) is 0 Å². The van der Waals surface area contributed by atoms with Gasteiger partial charge in [-0.15, -0.1) is 5.73 Å². The molecule has 1 aromatic rings. The number of allylic oxidation sites excluding steroid dienone is 3. The molecule has 1 aromatic carbocycles. The van der Waals surface area contributed by atoms with Gasteiger partial charge in [-0.1, -0.05) is 30.0 Å². The molecule has 0 amide bonds. The van der Waals surface area contributed by atoms with Crippen LogP contribution in [0.5, 0.6) is 5.75 Å². The maximum absolute atomic E-state index is 5.87. The lowest BCUT2D eigenvalue weighted by Gasteiger charge is -2.19. The van der Waals surface area contributed by atoms with E-state index in [0.29, 0.717) is 0 Å². The normalized spacial score (nSPS) is 17.2. The highest BCUT2D eigenvalue weighted by atomic mass is 32.2. The molecular formula is C14H10OS. The van der Waals surface area contributed by atoms with Gasteiger partial charge in [0, 0.05) is 0 Å². The molecule has 0 spiro atoms. The van der Waals surface area contributed by atoms with E-state index in [1.165, 1.54) is 5.57 Å². The van der Waals surface area contributed by atoms with E-state index in [0.717, 1.165) is 21.3 Å². The highest BCUT2D eigenvalue weighted by molar-refractivity contribution is 8.03. The van der Waals surface area contributed by atoms with Crippen molar-refractivity contribution in [2.45, 2.75) is 11.8 Å². The van der Waals surface area contributed by atoms with Gasteiger partial charge in [-0.25, -0.2) is 0 Å². The Labute approximate surface area is 98.8 Å². The third-order valence-corrected chi connectivity index (χ3v) is 3.50. The van der Waals surface area contributed by atoms with Crippen molar-refractivity contribution in [3.05, 3.63) is 64.5 Å². The molecule has 2 heteroatoms. The van der Waals surface area contributed by atoms with Crippen LogP contribution in [0.1, 0.15) is 6.92 Å². The summed E-state index contributed by atoms with van der Waals surface area (Å²) in [6, 6.07) is 8.07. The largest absolute Gasteiger partial charge is 0.454 e. The third kappa shape index (κ3) is 1.63. The van der Waals surface area contributed by atoms with Crippen molar-refractivity contribution in [2.24, 2.45) is 0 Å². The van der Waals surface area contributed by atoms with Gasteiger partial charge in [-0.2, -0.15) is 0 Å². The maximum atomic E-state index is 5.87. The van der Waals surface area contributed by atoms with Crippen molar-refractivity contribution in [1.82, 2.24) is 0 Å². The summed E-state index contributed by atoms with van der Waals surface area (Å²) in [5.74, 6) is 1.82. The molecule has 0 saturated carbocycles. The average Bonchev–Trinajstić information content (AvgIpc) is 2.46. The lowest BCUT2D eigenvalue weighted by atomic mass is 10.2. The van der Waals surface area contributed by atoms with Gasteiger partial charge in [-0.3, -0.25) is 0 Å². The molecule has 78 valence electrons. The first-order valence-corrected chi connectivity index (χ1v) is 5.95. The Morgan fingerprint density at radius 2 is 2.12 bits per heavy atom. The first-order valence-electron chi connectivity index (χ1n) is 5.13. The molecule has 1 aliphatic heterocycles. The van der Waals surface area contributed by atoms with Gasteiger partial charge >= 0.3 is 0 Å². The van der Waals surface area contributed by atoms with Crippen LogP contribution < -0.4 is 4.74 Å². The second-order valence-electron chi connectivity index (χ2n) is 3.71. The van der Waals surface area contributed by atoms with Crippen LogP contribution in [0.25, 0.3) is 0 Å². The van der Waals surface area contributed by atoms with Crippen molar-refractivity contribution in [1.29, 1.82) is 0 Å². The smallest absolute Gasteiger partial charge is 0.149 e. The average molecular weight is 226 g/mol. The fourth-order valence-corrected chi connectivity index (χ4v) is 2.55. The fourth-order valence-electron chi connectivity index (χ4n) is 1.64. The standard InChI is InChI=1S/C14H10OS/c1-10-5-4-8-14-12(9-10)15-11-6-2-3-7-13(11)16-14/h2-7,9H,1H3. The van der Waals surface area contributed by atoms with Gasteiger partial charge in [0.15, 0.2) is 0 Å². The highest BCUT2D eigenvalue weighted by Crippen LogP contribution is 2.43. The van der Waals surface area contributed by atoms with Crippen LogP contribution in [0.3, 0.4) is 0 Å². The van der Waals surface area contributed by atoms with Gasteiger partial charge in [0.2, 0.25) is 0 Å². The van der Waals surface area contributed by atoms with Crippen LogP contribution >= 0.6 is 11.8 Å². The number of ether oxygens (including phenoxy) is 1. The fraction of sp³-hybridized carbons (Fsp3) is 0.0714. The van der Waals surface area contributed by atoms with E-state index in [1.807, 2.05) is 30.4 Å². The van der Waals surface area contributed by atoms with E-state index in [4.69, 9.17) is 4.74 Å². The predicted molar refractivity (Wildman–Crippen MR) is 66.4 cm³/mol. The number of hydrogen-bond acceptors (Lipinski definition) is 2. The first kappa shape index (κ1) is 9.59. The van der Waals surface area contributed by atoms with E-state index < -0.39 is 0 Å². The number of rotatable bonds is 0. The second kappa shape index (κ2) is 3.75. The minimum atomic E-state index is 0.895. The Kier molecular flexibility index (Phi) is 2.24. The number of benzene rings is 1. The Bertz CT molecular complexity index is 572. The molecule has 0 fully saturated rings. The molecule has 16 heavy (non-hydrogen) atoms. The molecule has 1 heterocycles. The van der Waals surface area contributed by atoms with E-state index >= 15 is 0 Å². The Morgan fingerprint density at radius 1 is 1.25 bits per heavy atom. The molecule has 0 N–H and O–H groups in total. The summed E-state index contributed by atoms with van der Waals surface area (Å²) in [5.41, 5.74) is 4.42. The minimum Gasteiger partial charge on any atom is -0.454 e. The minimum absolute atomic E-state index is 0.895. The molecule has 1 nitrogen and oxygen atoms in total. The molecule has 0 saturated heterocycles. The summed E-state index contributed by atoms with van der Waals surface area (Å²) in [4.78, 5) is 2.20. The van der Waals surface area contributed by atoms with Crippen LogP contribution in [0.15, 0.2) is 69.4 Å². The zero-order valence-electron chi connectivity index (χ0n) is 8.86. The van der Waals surface area contributed by atoms with Crippen LogP contribution in [-0.2, 0) is 0 Å². The summed E-state index contributed by atoms with van der Waals surface area (Å²) in [6.07, 6.45) is 6.03. The van der Waals surface area contributed by atoms with Gasteiger partial charge in [-0.05, 0) is 36.8 Å². The monoisotopic (exact) mass is 226 g/mol. The molecular weight excluding hydrogens is 216 g/mol. The zero-order chi connectivity index (χ0) is 11.0. The van der Waals surface area contributed by atoms with Crippen molar-refractivity contribution in [2.75, 3.05) is 0 Å². The highest BCUT2D eigenvalue weighted by Gasteiger charge is 2.20. The van der Waals surface area contributed by atoms with E-state index in [9.17, 15) is 0 Å². The number of para-hydroxylation sites is 1. The second-order valence-corrected chi connectivity index (χ2v) is 4.76. The first-order chi connectivity index (χ1) is 7.83. The maximum Gasteiger partial charge on any atom is 0.149 e. The van der Waals surface area contributed by atoms with Crippen LogP contribution in [0.4, 0.5) is 0 Å². The van der Waals surface area contributed by atoms with E-state index in [1.54, 1.807) is 11.8 Å². The Balaban J connectivity index is 2.12. The molecule has 2 aliphatic rings. The SMILES string of the molecule is CC1=CC=C=C2Sc3ccccc3OC2=C1. The quantitative estimate of drug-likeness (QED) is 0.617. The van der Waals surface area contributed by atoms with Gasteiger partial charge in [0.25, 0.3) is 0 Å². The van der Waals surface area contributed by atoms with Crippen molar-refractivity contribution < 1.29 is 4.74 Å². The Morgan fingerprint density at radius 3 is 3.06 bits per heavy atom. The molecule has 0 aromatic heterocycles. The number of thioether (sulfide) groups is 1. The lowest BCUT2D eigenvalue weighted by molar-refractivity contribution is 0.427. The molecule has 0 atom stereocenters. The number of fused-ring (bicyclic) bond motifs is 2. The topological polar surface area (TPSA) is 9.23 Å². The van der Waals surface area contributed by atoms with Crippen LogP contribution in [-0.4, -0.2) is 0 Å². The Hall–Kier alpha value is -1.63. The molecule has 3 rings (SSSR count). The van der Waals surface area contributed by atoms with E-state index in [-0.39, 0.29) is 0 Å². The summed E-state index contributed by atoms with van der Waals surface area (Å²) < 4.78 is 5.87. The van der Waals surface area contributed by atoms with Crippen LogP contribution in [0, 0.1) is 0 Å². The van der Waals surface area contributed by atoms with Crippen LogP contribution in [0.2, 0.25) is 0 Å². The molecule has 0 unspecified atom stereocenters. The third-order valence-electron chi connectivity index (χ3n) is 2.42. The molecule has 0 radical (unpaired) electrons. The van der Waals surface area contributed by atoms with E-state index in [2.05, 4.69) is 24.8 Å². The summed E-state index contributed by atoms with van der Waals surface area (Å²) in [5, 5.41) is 0. The van der Waals surface area contributed by atoms with Gasteiger partial charge in [0.1, 0.15) is 11.5 Å². The van der Waals surface area contributed by atoms with Crippen molar-refractivity contribution in [3.8, 4) is 5.75 Å². The summed E-state index contributed by atoms with van der Waals surface area (Å²) in [6.45, 7) is 2.06. The number of hydrogen-bond donors (Lipinski definition) is 0. The van der Waals surface area contributed by atoms with Gasteiger partial charge in [0.05, 0.1) is 9.80 Å². The zero-order valence-corrected chi connectivity index (χ0v) is 9.67. The summed E-state index contributed by atoms with van der Waals surface area (Å²) in [7, 11) is 0. The van der Waals surface area contributed by atoms with Gasteiger partial charge < -0.3 is 4.74 Å². The molecule has 0 bridgehead atoms. The molecule has 1 aliphatic carbocycles. The predicted octanol–water partition coefficient (Wildman–Crippen LogP) is 4.05. The lowest BCUT2D eigenvalue weighted by Crippen LogP contribution is -2.02. The van der Waals surface area contributed by atoms with Crippen molar-refractivity contribution >= 4 is 11.8 Å². The summed E-state index contributed by atoms with van der Waals surface area (Å²) >= 11 is 1.70.